The number of rotatable bonds is 4. The van der Waals surface area contributed by atoms with Gasteiger partial charge in [0.05, 0.1) is 6.20 Å². The van der Waals surface area contributed by atoms with E-state index in [0.29, 0.717) is 4.96 Å². The molecule has 0 unspecified atom stereocenters. The number of nitrogens with zero attached hydrogens (tertiary/aromatic N) is 3. The first-order valence-corrected chi connectivity index (χ1v) is 5.87. The summed E-state index contributed by atoms with van der Waals surface area (Å²) in [6.07, 6.45) is 3.87. The van der Waals surface area contributed by atoms with E-state index in [1.165, 1.54) is 34.9 Å². The molecule has 1 saturated carbocycles. The lowest BCUT2D eigenvalue weighted by molar-refractivity contribution is 0.0688. The van der Waals surface area contributed by atoms with Crippen molar-refractivity contribution in [3.05, 3.63) is 11.9 Å². The Labute approximate surface area is 94.9 Å². The van der Waals surface area contributed by atoms with Gasteiger partial charge in [0.15, 0.2) is 5.69 Å². The molecule has 1 aliphatic carbocycles. The molecule has 2 aromatic rings. The number of hydrogen-bond acceptors (Lipinski definition) is 5. The summed E-state index contributed by atoms with van der Waals surface area (Å²) in [5.74, 6) is -0.248. The molecule has 1 fully saturated rings. The first-order valence-electron chi connectivity index (χ1n) is 5.06. The minimum atomic E-state index is -1.01. The smallest absolute Gasteiger partial charge is 0.356 e. The van der Waals surface area contributed by atoms with Crippen LogP contribution in [-0.4, -0.2) is 32.2 Å². The molecule has 2 N–H and O–H groups in total. The number of aromatic nitrogens is 3. The predicted molar refractivity (Wildman–Crippen MR) is 59.0 cm³/mol. The molecule has 0 atom stereocenters. The third kappa shape index (κ3) is 1.63. The van der Waals surface area contributed by atoms with Gasteiger partial charge < -0.3 is 10.4 Å². The van der Waals surface area contributed by atoms with E-state index in [9.17, 15) is 4.79 Å². The van der Waals surface area contributed by atoms with E-state index in [4.69, 9.17) is 5.11 Å². The molecule has 6 nitrogen and oxygen atoms in total. The zero-order valence-electron chi connectivity index (χ0n) is 8.38. The molecule has 1 aliphatic rings. The zero-order chi connectivity index (χ0) is 11.1. The van der Waals surface area contributed by atoms with Crippen LogP contribution in [-0.2, 0) is 0 Å². The highest BCUT2D eigenvalue weighted by Crippen LogP contribution is 2.29. The second kappa shape index (κ2) is 3.44. The van der Waals surface area contributed by atoms with Crippen LogP contribution < -0.4 is 5.32 Å². The van der Waals surface area contributed by atoms with E-state index in [1.54, 1.807) is 0 Å². The number of imidazole rings is 1. The van der Waals surface area contributed by atoms with Gasteiger partial charge in [-0.2, -0.15) is 4.52 Å². The van der Waals surface area contributed by atoms with Crippen molar-refractivity contribution in [3.63, 3.8) is 0 Å². The summed E-state index contributed by atoms with van der Waals surface area (Å²) >= 11 is 1.37. The fourth-order valence-corrected chi connectivity index (χ4v) is 2.25. The third-order valence-corrected chi connectivity index (χ3v) is 3.42. The Bertz CT molecular complexity index is 543. The fourth-order valence-electron chi connectivity index (χ4n) is 1.46. The number of carboxylic acid groups (broad SMARTS) is 1. The van der Waals surface area contributed by atoms with Crippen LogP contribution in [0.4, 0.5) is 5.13 Å². The second-order valence-electron chi connectivity index (χ2n) is 3.87. The number of nitrogens with one attached hydrogen (secondary N) is 1. The number of anilines is 1. The van der Waals surface area contributed by atoms with Gasteiger partial charge in [-0.1, -0.05) is 11.3 Å². The van der Waals surface area contributed by atoms with Gasteiger partial charge in [-0.15, -0.1) is 5.10 Å². The average Bonchev–Trinajstić information content (AvgIpc) is 2.84. The summed E-state index contributed by atoms with van der Waals surface area (Å²) < 4.78 is 1.36. The van der Waals surface area contributed by atoms with Crippen LogP contribution in [0.3, 0.4) is 0 Å². The summed E-state index contributed by atoms with van der Waals surface area (Å²) in [5.41, 5.74) is 0.103. The van der Waals surface area contributed by atoms with Crippen LogP contribution in [0.1, 0.15) is 23.3 Å². The van der Waals surface area contributed by atoms with E-state index in [-0.39, 0.29) is 5.69 Å². The Balaban J connectivity index is 1.86. The standard InChI is InChI=1S/C9H10N4O2S/c14-7(15)6-4-11-9-13(6)12-8(16-9)10-3-5-1-2-5/h4-5H,1-3H2,(H,10,12)(H,14,15). The minimum Gasteiger partial charge on any atom is -0.476 e. The Hall–Kier alpha value is -1.63. The molecule has 0 saturated heterocycles. The van der Waals surface area contributed by atoms with Gasteiger partial charge in [0.2, 0.25) is 10.1 Å². The summed E-state index contributed by atoms with van der Waals surface area (Å²) in [6.45, 7) is 0.916. The predicted octanol–water partition coefficient (Wildman–Crippen LogP) is 1.31. The largest absolute Gasteiger partial charge is 0.476 e. The molecular weight excluding hydrogens is 228 g/mol. The monoisotopic (exact) mass is 238 g/mol. The van der Waals surface area contributed by atoms with Crippen LogP contribution in [0, 0.1) is 5.92 Å². The first-order chi connectivity index (χ1) is 7.74. The van der Waals surface area contributed by atoms with Crippen LogP contribution in [0.2, 0.25) is 0 Å². The molecule has 84 valence electrons. The van der Waals surface area contributed by atoms with Gasteiger partial charge in [0.1, 0.15) is 0 Å². The normalized spacial score (nSPS) is 15.5. The highest BCUT2D eigenvalue weighted by Gasteiger charge is 2.21. The van der Waals surface area contributed by atoms with E-state index < -0.39 is 5.97 Å². The van der Waals surface area contributed by atoms with Gasteiger partial charge in [0.25, 0.3) is 0 Å². The maximum atomic E-state index is 10.8. The van der Waals surface area contributed by atoms with E-state index in [1.807, 2.05) is 0 Å². The third-order valence-electron chi connectivity index (χ3n) is 2.54. The molecule has 0 bridgehead atoms. The van der Waals surface area contributed by atoms with Crippen molar-refractivity contribution in [2.75, 3.05) is 11.9 Å². The van der Waals surface area contributed by atoms with Crippen LogP contribution >= 0.6 is 11.3 Å². The number of fused-ring (bicyclic) bond motifs is 1. The highest BCUT2D eigenvalue weighted by atomic mass is 32.1. The first kappa shape index (κ1) is 9.59. The topological polar surface area (TPSA) is 79.5 Å². The van der Waals surface area contributed by atoms with E-state index in [2.05, 4.69) is 15.4 Å². The molecule has 3 rings (SSSR count). The maximum Gasteiger partial charge on any atom is 0.356 e. The molecule has 0 aliphatic heterocycles. The lowest BCUT2D eigenvalue weighted by Gasteiger charge is -1.97. The maximum absolute atomic E-state index is 10.8. The number of carboxylic acids is 1. The molecule has 0 spiro atoms. The molecule has 2 aromatic heterocycles. The Morgan fingerprint density at radius 2 is 2.50 bits per heavy atom. The van der Waals surface area contributed by atoms with Gasteiger partial charge in [-0.3, -0.25) is 0 Å². The Morgan fingerprint density at radius 3 is 3.19 bits per heavy atom. The highest BCUT2D eigenvalue weighted by molar-refractivity contribution is 7.20. The average molecular weight is 238 g/mol. The van der Waals surface area contributed by atoms with Crippen LogP contribution in [0.25, 0.3) is 4.96 Å². The number of hydrogen-bond donors (Lipinski definition) is 2. The molecular formula is C9H10N4O2S. The lowest BCUT2D eigenvalue weighted by atomic mass is 10.4. The fraction of sp³-hybridized carbons (Fsp3) is 0.444. The molecule has 7 heteroatoms. The summed E-state index contributed by atoms with van der Waals surface area (Å²) in [5, 5.41) is 17.0. The van der Waals surface area contributed by atoms with E-state index >= 15 is 0 Å². The molecule has 2 heterocycles. The van der Waals surface area contributed by atoms with Crippen molar-refractivity contribution in [3.8, 4) is 0 Å². The van der Waals surface area contributed by atoms with Gasteiger partial charge in [-0.05, 0) is 18.8 Å². The van der Waals surface area contributed by atoms with E-state index in [0.717, 1.165) is 17.6 Å². The van der Waals surface area contributed by atoms with Crippen molar-refractivity contribution < 1.29 is 9.90 Å². The van der Waals surface area contributed by atoms with Gasteiger partial charge >= 0.3 is 5.97 Å². The van der Waals surface area contributed by atoms with Gasteiger partial charge in [-0.25, -0.2) is 9.78 Å². The summed E-state index contributed by atoms with van der Waals surface area (Å²) in [6, 6.07) is 0. The van der Waals surface area contributed by atoms with Crippen molar-refractivity contribution in [2.24, 2.45) is 5.92 Å². The molecule has 0 radical (unpaired) electrons. The van der Waals surface area contributed by atoms with Crippen molar-refractivity contribution >= 4 is 27.4 Å². The minimum absolute atomic E-state index is 0.103. The molecule has 0 amide bonds. The van der Waals surface area contributed by atoms with Crippen LogP contribution in [0.5, 0.6) is 0 Å². The SMILES string of the molecule is O=C(O)c1cnc2sc(NCC3CC3)nn12. The van der Waals surface area contributed by atoms with Crippen LogP contribution in [0.15, 0.2) is 6.20 Å². The van der Waals surface area contributed by atoms with Crippen molar-refractivity contribution in [2.45, 2.75) is 12.8 Å². The summed E-state index contributed by atoms with van der Waals surface area (Å²) in [7, 11) is 0. The van der Waals surface area contributed by atoms with Crippen molar-refractivity contribution in [1.82, 2.24) is 14.6 Å². The quantitative estimate of drug-likeness (QED) is 0.839. The number of carbonyl (C=O) groups is 1. The zero-order valence-corrected chi connectivity index (χ0v) is 9.20. The molecule has 0 aromatic carbocycles. The summed E-state index contributed by atoms with van der Waals surface area (Å²) in [4.78, 5) is 15.5. The van der Waals surface area contributed by atoms with Gasteiger partial charge in [0, 0.05) is 6.54 Å². The number of aromatic carboxylic acids is 1. The second-order valence-corrected chi connectivity index (χ2v) is 4.83. The molecule has 16 heavy (non-hydrogen) atoms. The lowest BCUT2D eigenvalue weighted by Crippen LogP contribution is -2.05. The van der Waals surface area contributed by atoms with Crippen molar-refractivity contribution in [1.29, 1.82) is 0 Å². The Kier molecular flexibility index (Phi) is 2.06. The Morgan fingerprint density at radius 1 is 1.69 bits per heavy atom.